The second-order valence-electron chi connectivity index (χ2n) is 6.81. The van der Waals surface area contributed by atoms with E-state index in [0.717, 1.165) is 4.57 Å². The van der Waals surface area contributed by atoms with Gasteiger partial charge in [-0.05, 0) is 19.9 Å². The van der Waals surface area contributed by atoms with Crippen molar-refractivity contribution < 1.29 is 23.7 Å². The Hall–Kier alpha value is -1.94. The van der Waals surface area contributed by atoms with Crippen molar-refractivity contribution in [1.82, 2.24) is 9.13 Å². The van der Waals surface area contributed by atoms with Crippen molar-refractivity contribution in [2.24, 2.45) is 14.1 Å². The molecule has 1 fully saturated rings. The lowest BCUT2D eigenvalue weighted by Gasteiger charge is -2.23. The number of rotatable bonds is 5. The minimum Gasteiger partial charge on any atom is -0.469 e. The third kappa shape index (κ3) is 3.48. The summed E-state index contributed by atoms with van der Waals surface area (Å²) in [4.78, 5) is 24.4. The first-order valence-electron chi connectivity index (χ1n) is 8.31. The summed E-state index contributed by atoms with van der Waals surface area (Å²) in [5.41, 5.74) is -0.471. The van der Waals surface area contributed by atoms with E-state index < -0.39 is 29.2 Å². The molecule has 1 saturated heterocycles. The highest BCUT2D eigenvalue weighted by Crippen LogP contribution is 2.36. The van der Waals surface area contributed by atoms with Crippen molar-refractivity contribution in [1.29, 1.82) is 0 Å². The summed E-state index contributed by atoms with van der Waals surface area (Å²) >= 11 is 0. The molecule has 1 aromatic rings. The molecule has 0 amide bonds. The van der Waals surface area contributed by atoms with Crippen molar-refractivity contribution >= 4 is 0 Å². The summed E-state index contributed by atoms with van der Waals surface area (Å²) in [5.74, 6) is -0.204. The zero-order valence-corrected chi connectivity index (χ0v) is 15.6. The average molecular weight is 368 g/mol. The Morgan fingerprint density at radius 1 is 1.31 bits per heavy atom. The molecule has 0 radical (unpaired) electrons. The monoisotopic (exact) mass is 368 g/mol. The standard InChI is InChI=1S/C17H24N2O7/c1-17(2)24-8-13(26-17)14-12(23-9-22-5)6-11(25-14)10-7-18(3)16(21)19(4)15(10)20/h6-7,11,13-14H,8-9H2,1-5H3/t11-,13-,14-/m1/s1. The van der Waals surface area contributed by atoms with Gasteiger partial charge >= 0.3 is 5.69 Å². The fourth-order valence-electron chi connectivity index (χ4n) is 3.10. The van der Waals surface area contributed by atoms with Gasteiger partial charge in [0.25, 0.3) is 5.56 Å². The van der Waals surface area contributed by atoms with Crippen molar-refractivity contribution in [3.05, 3.63) is 44.4 Å². The summed E-state index contributed by atoms with van der Waals surface area (Å²) in [6.07, 6.45) is 1.61. The predicted octanol–water partition coefficient (Wildman–Crippen LogP) is 0.180. The summed E-state index contributed by atoms with van der Waals surface area (Å²) in [6, 6.07) is 0. The van der Waals surface area contributed by atoms with Gasteiger partial charge in [-0.25, -0.2) is 4.79 Å². The van der Waals surface area contributed by atoms with E-state index in [1.165, 1.54) is 24.9 Å². The topological polar surface area (TPSA) is 90.2 Å². The molecule has 26 heavy (non-hydrogen) atoms. The van der Waals surface area contributed by atoms with E-state index in [1.807, 2.05) is 13.8 Å². The van der Waals surface area contributed by atoms with Gasteiger partial charge in [-0.15, -0.1) is 0 Å². The maximum atomic E-state index is 12.5. The molecule has 3 rings (SSSR count). The smallest absolute Gasteiger partial charge is 0.330 e. The largest absolute Gasteiger partial charge is 0.469 e. The highest BCUT2D eigenvalue weighted by atomic mass is 16.8. The lowest BCUT2D eigenvalue weighted by Crippen LogP contribution is -2.39. The molecular formula is C17H24N2O7. The van der Waals surface area contributed by atoms with Crippen LogP contribution in [-0.4, -0.2) is 47.6 Å². The maximum Gasteiger partial charge on any atom is 0.330 e. The highest BCUT2D eigenvalue weighted by Gasteiger charge is 2.44. The van der Waals surface area contributed by atoms with Gasteiger partial charge in [-0.2, -0.15) is 0 Å². The van der Waals surface area contributed by atoms with Crippen molar-refractivity contribution in [3.63, 3.8) is 0 Å². The summed E-state index contributed by atoms with van der Waals surface area (Å²) in [6.45, 7) is 4.02. The molecule has 1 aromatic heterocycles. The highest BCUT2D eigenvalue weighted by molar-refractivity contribution is 5.23. The fourth-order valence-corrected chi connectivity index (χ4v) is 3.10. The van der Waals surface area contributed by atoms with E-state index in [2.05, 4.69) is 0 Å². The Morgan fingerprint density at radius 2 is 2.04 bits per heavy atom. The molecule has 0 aliphatic carbocycles. The molecule has 0 saturated carbocycles. The Labute approximate surface area is 150 Å². The number of ether oxygens (including phenoxy) is 5. The van der Waals surface area contributed by atoms with Crippen LogP contribution in [0.1, 0.15) is 25.5 Å². The summed E-state index contributed by atoms with van der Waals surface area (Å²) < 4.78 is 30.5. The van der Waals surface area contributed by atoms with Crippen molar-refractivity contribution in [3.8, 4) is 0 Å². The van der Waals surface area contributed by atoms with Crippen LogP contribution in [-0.2, 0) is 37.8 Å². The summed E-state index contributed by atoms with van der Waals surface area (Å²) in [5, 5.41) is 0. The number of hydrogen-bond acceptors (Lipinski definition) is 7. The molecule has 2 aliphatic rings. The zero-order valence-electron chi connectivity index (χ0n) is 15.6. The van der Waals surface area contributed by atoms with Gasteiger partial charge in [0.15, 0.2) is 12.6 Å². The second-order valence-corrected chi connectivity index (χ2v) is 6.81. The van der Waals surface area contributed by atoms with Gasteiger partial charge in [-0.1, -0.05) is 0 Å². The molecule has 3 heterocycles. The number of nitrogens with zero attached hydrogens (tertiary/aromatic N) is 2. The lowest BCUT2D eigenvalue weighted by molar-refractivity contribution is -0.158. The zero-order chi connectivity index (χ0) is 19.1. The van der Waals surface area contributed by atoms with E-state index in [-0.39, 0.29) is 12.9 Å². The van der Waals surface area contributed by atoms with E-state index in [9.17, 15) is 9.59 Å². The van der Waals surface area contributed by atoms with Crippen LogP contribution in [0.15, 0.2) is 27.6 Å². The Balaban J connectivity index is 1.92. The third-order valence-electron chi connectivity index (χ3n) is 4.38. The number of aryl methyl sites for hydroxylation is 1. The van der Waals surface area contributed by atoms with Crippen LogP contribution in [0.5, 0.6) is 0 Å². The normalized spacial score (nSPS) is 27.6. The molecule has 2 aliphatic heterocycles. The molecule has 0 N–H and O–H groups in total. The quantitative estimate of drug-likeness (QED) is 0.685. The van der Waals surface area contributed by atoms with Crippen molar-refractivity contribution in [2.75, 3.05) is 20.5 Å². The molecule has 9 heteroatoms. The first-order chi connectivity index (χ1) is 12.2. The van der Waals surface area contributed by atoms with Crippen LogP contribution in [0, 0.1) is 0 Å². The Kier molecular flexibility index (Phi) is 5.07. The van der Waals surface area contributed by atoms with Crippen LogP contribution in [0.2, 0.25) is 0 Å². The molecule has 144 valence electrons. The predicted molar refractivity (Wildman–Crippen MR) is 90.5 cm³/mol. The minimum absolute atomic E-state index is 0.0423. The first-order valence-corrected chi connectivity index (χ1v) is 8.31. The van der Waals surface area contributed by atoms with Gasteiger partial charge in [0.2, 0.25) is 0 Å². The molecular weight excluding hydrogens is 344 g/mol. The van der Waals surface area contributed by atoms with E-state index >= 15 is 0 Å². The van der Waals surface area contributed by atoms with Gasteiger partial charge in [-0.3, -0.25) is 9.36 Å². The fraction of sp³-hybridized carbons (Fsp3) is 0.647. The molecule has 0 unspecified atom stereocenters. The van der Waals surface area contributed by atoms with Crippen LogP contribution < -0.4 is 11.2 Å². The first kappa shape index (κ1) is 18.8. The maximum absolute atomic E-state index is 12.5. The van der Waals surface area contributed by atoms with Crippen LogP contribution in [0.3, 0.4) is 0 Å². The Morgan fingerprint density at radius 3 is 2.65 bits per heavy atom. The molecule has 0 aromatic carbocycles. The van der Waals surface area contributed by atoms with Gasteiger partial charge in [0.1, 0.15) is 24.1 Å². The number of aromatic nitrogens is 2. The SMILES string of the molecule is COCOC1=C[C@H](c2cn(C)c(=O)n(C)c2=O)O[C@H]1[C@H]1COC(C)(C)O1. The molecule has 0 spiro atoms. The number of hydrogen-bond donors (Lipinski definition) is 0. The van der Waals surface area contributed by atoms with Crippen LogP contribution in [0.25, 0.3) is 0 Å². The van der Waals surface area contributed by atoms with Crippen molar-refractivity contribution in [2.45, 2.75) is 37.9 Å². The average Bonchev–Trinajstić information content (AvgIpc) is 3.17. The summed E-state index contributed by atoms with van der Waals surface area (Å²) in [7, 11) is 4.53. The van der Waals surface area contributed by atoms with Crippen LogP contribution >= 0.6 is 0 Å². The van der Waals surface area contributed by atoms with Gasteiger partial charge in [0, 0.05) is 27.4 Å². The van der Waals surface area contributed by atoms with E-state index in [1.54, 1.807) is 13.1 Å². The number of methoxy groups -OCH3 is 1. The molecule has 0 bridgehead atoms. The van der Waals surface area contributed by atoms with Crippen LogP contribution in [0.4, 0.5) is 0 Å². The second kappa shape index (κ2) is 6.99. The lowest BCUT2D eigenvalue weighted by atomic mass is 10.1. The minimum atomic E-state index is -0.717. The Bertz CT molecular complexity index is 823. The third-order valence-corrected chi connectivity index (χ3v) is 4.38. The molecule has 3 atom stereocenters. The van der Waals surface area contributed by atoms with Gasteiger partial charge < -0.3 is 28.3 Å². The van der Waals surface area contributed by atoms with E-state index in [4.69, 9.17) is 23.7 Å². The molecule has 9 nitrogen and oxygen atoms in total. The van der Waals surface area contributed by atoms with E-state index in [0.29, 0.717) is 17.9 Å². The van der Waals surface area contributed by atoms with Gasteiger partial charge in [0.05, 0.1) is 12.2 Å².